The van der Waals surface area contributed by atoms with Crippen LogP contribution in [0, 0.1) is 0 Å². The van der Waals surface area contributed by atoms with Crippen molar-refractivity contribution in [3.63, 3.8) is 0 Å². The van der Waals surface area contributed by atoms with Crippen molar-refractivity contribution in [2.45, 2.75) is 27.2 Å². The predicted octanol–water partition coefficient (Wildman–Crippen LogP) is 5.50. The van der Waals surface area contributed by atoms with Gasteiger partial charge in [0.2, 0.25) is 0 Å². The second kappa shape index (κ2) is 10.8. The van der Waals surface area contributed by atoms with E-state index in [0.29, 0.717) is 5.75 Å². The van der Waals surface area contributed by atoms with Crippen LogP contribution in [-0.2, 0) is 6.42 Å². The maximum absolute atomic E-state index is 11.2. The molecule has 0 radical (unpaired) electrons. The van der Waals surface area contributed by atoms with Gasteiger partial charge in [-0.05, 0) is 78.9 Å². The third kappa shape index (κ3) is 5.11. The molecule has 0 atom stereocenters. The average Bonchev–Trinajstić information content (AvgIpc) is 2.83. The minimum atomic E-state index is -0.939. The summed E-state index contributed by atoms with van der Waals surface area (Å²) < 4.78 is 5.84. The van der Waals surface area contributed by atoms with Crippen LogP contribution in [0.2, 0.25) is 0 Å². The smallest absolute Gasteiger partial charge is 0.335 e. The van der Waals surface area contributed by atoms with Gasteiger partial charge in [0.15, 0.2) is 0 Å². The van der Waals surface area contributed by atoms with Crippen molar-refractivity contribution in [1.29, 1.82) is 0 Å². The molecule has 32 heavy (non-hydrogen) atoms. The first-order chi connectivity index (χ1) is 15.5. The standard InChI is InChI=1S/C27H31NO4/c1-4-19-17-23(11-13-25(19)28(5-2)6-3)24-18-22(12-14-26(24)32-16-15-29)20-7-9-21(10-8-20)27(30)31/h7-14,17-18,29H,4-6,15-16H2,1-3H3,(H,30,31). The fourth-order valence-corrected chi connectivity index (χ4v) is 3.93. The zero-order valence-electron chi connectivity index (χ0n) is 19.0. The Kier molecular flexibility index (Phi) is 7.90. The quantitative estimate of drug-likeness (QED) is 0.442. The number of aryl methyl sites for hydroxylation is 1. The summed E-state index contributed by atoms with van der Waals surface area (Å²) >= 11 is 0. The summed E-state index contributed by atoms with van der Waals surface area (Å²) in [6.45, 7) is 8.56. The van der Waals surface area contributed by atoms with Crippen LogP contribution < -0.4 is 9.64 Å². The fourth-order valence-electron chi connectivity index (χ4n) is 3.93. The third-order valence-corrected chi connectivity index (χ3v) is 5.67. The predicted molar refractivity (Wildman–Crippen MR) is 130 cm³/mol. The number of aromatic carboxylic acids is 1. The van der Waals surface area contributed by atoms with Crippen LogP contribution in [-0.4, -0.2) is 42.5 Å². The molecule has 0 unspecified atom stereocenters. The van der Waals surface area contributed by atoms with Gasteiger partial charge in [0.1, 0.15) is 12.4 Å². The molecule has 3 rings (SSSR count). The molecule has 0 aromatic heterocycles. The molecular formula is C27H31NO4. The van der Waals surface area contributed by atoms with Crippen LogP contribution >= 0.6 is 0 Å². The molecule has 3 aromatic rings. The molecule has 168 valence electrons. The minimum Gasteiger partial charge on any atom is -0.491 e. The zero-order chi connectivity index (χ0) is 23.1. The van der Waals surface area contributed by atoms with E-state index in [-0.39, 0.29) is 18.8 Å². The number of hydrogen-bond donors (Lipinski definition) is 2. The highest BCUT2D eigenvalue weighted by atomic mass is 16.5. The van der Waals surface area contributed by atoms with Crippen LogP contribution in [0.4, 0.5) is 5.69 Å². The summed E-state index contributed by atoms with van der Waals surface area (Å²) in [4.78, 5) is 13.5. The molecule has 0 aliphatic carbocycles. The largest absolute Gasteiger partial charge is 0.491 e. The molecule has 0 fully saturated rings. The van der Waals surface area contributed by atoms with Crippen molar-refractivity contribution in [3.8, 4) is 28.0 Å². The normalized spacial score (nSPS) is 10.8. The summed E-state index contributed by atoms with van der Waals surface area (Å²) in [5, 5.41) is 18.4. The van der Waals surface area contributed by atoms with E-state index in [0.717, 1.165) is 41.8 Å². The number of aliphatic hydroxyl groups excluding tert-OH is 1. The van der Waals surface area contributed by atoms with E-state index in [1.165, 1.54) is 11.3 Å². The third-order valence-electron chi connectivity index (χ3n) is 5.67. The van der Waals surface area contributed by atoms with Gasteiger partial charge in [0, 0.05) is 24.3 Å². The highest BCUT2D eigenvalue weighted by molar-refractivity contribution is 5.88. The maximum Gasteiger partial charge on any atom is 0.335 e. The SMILES string of the molecule is CCc1cc(-c2cc(-c3ccc(C(=O)O)cc3)ccc2OCCO)ccc1N(CC)CC. The Hall–Kier alpha value is -3.31. The molecule has 0 aliphatic heterocycles. The molecule has 0 saturated heterocycles. The van der Waals surface area contributed by atoms with Crippen molar-refractivity contribution in [3.05, 3.63) is 71.8 Å². The van der Waals surface area contributed by atoms with Crippen LogP contribution in [0.25, 0.3) is 22.3 Å². The van der Waals surface area contributed by atoms with Gasteiger partial charge in [-0.15, -0.1) is 0 Å². The van der Waals surface area contributed by atoms with Crippen LogP contribution in [0.5, 0.6) is 5.75 Å². The van der Waals surface area contributed by atoms with Crippen LogP contribution in [0.15, 0.2) is 60.7 Å². The topological polar surface area (TPSA) is 70.0 Å². The number of carboxylic acid groups (broad SMARTS) is 1. The van der Waals surface area contributed by atoms with Crippen molar-refractivity contribution in [2.24, 2.45) is 0 Å². The first kappa shape index (κ1) is 23.4. The summed E-state index contributed by atoms with van der Waals surface area (Å²) in [5.74, 6) is -0.229. The summed E-state index contributed by atoms with van der Waals surface area (Å²) in [7, 11) is 0. The Bertz CT molecular complexity index is 1060. The van der Waals surface area contributed by atoms with E-state index >= 15 is 0 Å². The Balaban J connectivity index is 2.08. The molecular weight excluding hydrogens is 402 g/mol. The Morgan fingerprint density at radius 3 is 2.12 bits per heavy atom. The number of anilines is 1. The fraction of sp³-hybridized carbons (Fsp3) is 0.296. The number of hydrogen-bond acceptors (Lipinski definition) is 4. The van der Waals surface area contributed by atoms with Gasteiger partial charge in [-0.25, -0.2) is 4.79 Å². The van der Waals surface area contributed by atoms with Crippen LogP contribution in [0.3, 0.4) is 0 Å². The van der Waals surface area contributed by atoms with Gasteiger partial charge in [-0.2, -0.15) is 0 Å². The van der Waals surface area contributed by atoms with Crippen LogP contribution in [0.1, 0.15) is 36.7 Å². The molecule has 0 saturated carbocycles. The Labute approximate surface area is 189 Å². The molecule has 0 bridgehead atoms. The highest BCUT2D eigenvalue weighted by Gasteiger charge is 2.14. The van der Waals surface area contributed by atoms with Crippen molar-refractivity contribution < 1.29 is 19.7 Å². The molecule has 0 amide bonds. The Morgan fingerprint density at radius 2 is 1.53 bits per heavy atom. The summed E-state index contributed by atoms with van der Waals surface area (Å²) in [6, 6.07) is 19.3. The van der Waals surface area contributed by atoms with E-state index in [4.69, 9.17) is 9.84 Å². The lowest BCUT2D eigenvalue weighted by molar-refractivity contribution is 0.0697. The second-order valence-electron chi connectivity index (χ2n) is 7.53. The van der Waals surface area contributed by atoms with Gasteiger partial charge in [0.25, 0.3) is 0 Å². The maximum atomic E-state index is 11.2. The lowest BCUT2D eigenvalue weighted by Crippen LogP contribution is -2.23. The molecule has 5 heteroatoms. The van der Waals surface area contributed by atoms with E-state index in [1.807, 2.05) is 24.3 Å². The van der Waals surface area contributed by atoms with Gasteiger partial charge in [0.05, 0.1) is 12.2 Å². The molecule has 0 spiro atoms. The minimum absolute atomic E-state index is 0.0566. The monoisotopic (exact) mass is 433 g/mol. The van der Waals surface area contributed by atoms with E-state index in [1.54, 1.807) is 12.1 Å². The van der Waals surface area contributed by atoms with Gasteiger partial charge < -0.3 is 19.8 Å². The zero-order valence-corrected chi connectivity index (χ0v) is 19.0. The van der Waals surface area contributed by atoms with Crippen molar-refractivity contribution in [2.75, 3.05) is 31.2 Å². The van der Waals surface area contributed by atoms with E-state index in [2.05, 4.69) is 49.9 Å². The first-order valence-electron chi connectivity index (χ1n) is 11.1. The lowest BCUT2D eigenvalue weighted by Gasteiger charge is -2.25. The number of nitrogens with zero attached hydrogens (tertiary/aromatic N) is 1. The van der Waals surface area contributed by atoms with Gasteiger partial charge in [-0.1, -0.05) is 31.2 Å². The lowest BCUT2D eigenvalue weighted by atomic mass is 9.95. The number of carbonyl (C=O) groups is 1. The van der Waals surface area contributed by atoms with E-state index in [9.17, 15) is 9.90 Å². The number of ether oxygens (including phenoxy) is 1. The van der Waals surface area contributed by atoms with Gasteiger partial charge in [-0.3, -0.25) is 0 Å². The molecule has 2 N–H and O–H groups in total. The molecule has 0 heterocycles. The second-order valence-corrected chi connectivity index (χ2v) is 7.53. The summed E-state index contributed by atoms with van der Waals surface area (Å²) in [5.41, 5.74) is 6.68. The highest BCUT2D eigenvalue weighted by Crippen LogP contribution is 2.37. The van der Waals surface area contributed by atoms with Gasteiger partial charge >= 0.3 is 5.97 Å². The van der Waals surface area contributed by atoms with E-state index < -0.39 is 5.97 Å². The number of rotatable bonds is 10. The van der Waals surface area contributed by atoms with Crippen molar-refractivity contribution in [1.82, 2.24) is 0 Å². The van der Waals surface area contributed by atoms with Crippen molar-refractivity contribution >= 4 is 11.7 Å². The Morgan fingerprint density at radius 1 is 0.875 bits per heavy atom. The number of carboxylic acids is 1. The average molecular weight is 434 g/mol. The molecule has 5 nitrogen and oxygen atoms in total. The summed E-state index contributed by atoms with van der Waals surface area (Å²) in [6.07, 6.45) is 0.919. The number of aliphatic hydroxyl groups is 1. The number of benzene rings is 3. The first-order valence-corrected chi connectivity index (χ1v) is 11.1. The molecule has 0 aliphatic rings. The molecule has 3 aromatic carbocycles.